The normalized spacial score (nSPS) is 14.0. The highest BCUT2D eigenvalue weighted by Gasteiger charge is 2.13. The molecule has 3 N–H and O–H groups in total. The number of carbonyl (C=O) groups excluding carboxylic acids is 1. The fourth-order valence-electron chi connectivity index (χ4n) is 3.95. The number of rotatable bonds is 9. The molecule has 0 aromatic heterocycles. The molecule has 0 aliphatic carbocycles. The molecule has 3 rings (SSSR count). The Morgan fingerprint density at radius 3 is 2.38 bits per heavy atom. The fourth-order valence-corrected chi connectivity index (χ4v) is 4.27. The number of nitrogens with two attached hydrogens (primary N) is 1. The lowest BCUT2D eigenvalue weighted by atomic mass is 9.99. The second kappa shape index (κ2) is 14.8. The number of carbonyl (C=O) groups is 1. The van der Waals surface area contributed by atoms with Gasteiger partial charge < -0.3 is 16.0 Å². The third kappa shape index (κ3) is 8.42. The number of hydrogen-bond donors (Lipinski definition) is 3. The monoisotopic (exact) mass is 480 g/mol. The molecule has 0 fully saturated rings. The zero-order chi connectivity index (χ0) is 24.9. The van der Waals surface area contributed by atoms with Crippen molar-refractivity contribution in [2.24, 2.45) is 10.7 Å². The van der Waals surface area contributed by atoms with Gasteiger partial charge in [0, 0.05) is 29.6 Å². The third-order valence-electron chi connectivity index (χ3n) is 5.75. The number of aldehydes is 1. The zero-order valence-electron chi connectivity index (χ0n) is 21.1. The number of amidine groups is 1. The van der Waals surface area contributed by atoms with E-state index in [0.717, 1.165) is 52.2 Å². The van der Waals surface area contributed by atoms with Crippen LogP contribution in [-0.4, -0.2) is 50.8 Å². The number of nitrogens with zero attached hydrogens (tertiary/aromatic N) is 2. The van der Waals surface area contributed by atoms with Crippen LogP contribution < -0.4 is 11.1 Å². The maximum Gasteiger partial charge on any atom is 0.146 e. The van der Waals surface area contributed by atoms with Crippen LogP contribution in [0, 0.1) is 0 Å². The molecule has 1 aliphatic rings. The minimum absolute atomic E-state index is 0.515. The van der Waals surface area contributed by atoms with Crippen LogP contribution in [0.5, 0.6) is 0 Å². The highest BCUT2D eigenvalue weighted by Crippen LogP contribution is 2.31. The first-order chi connectivity index (χ1) is 16.4. The van der Waals surface area contributed by atoms with E-state index in [1.54, 1.807) is 7.05 Å². The average Bonchev–Trinajstić information content (AvgIpc) is 3.02. The molecule has 0 spiro atoms. The molecular weight excluding hydrogens is 440 g/mol. The average molecular weight is 481 g/mol. The summed E-state index contributed by atoms with van der Waals surface area (Å²) in [6.07, 6.45) is 7.77. The Bertz CT molecular complexity index is 994. The second-order valence-electron chi connectivity index (χ2n) is 8.65. The molecule has 5 nitrogen and oxygen atoms in total. The van der Waals surface area contributed by atoms with E-state index in [0.29, 0.717) is 18.5 Å². The van der Waals surface area contributed by atoms with Crippen LogP contribution >= 0.6 is 12.6 Å². The van der Waals surface area contributed by atoms with Crippen molar-refractivity contribution >= 4 is 36.5 Å². The van der Waals surface area contributed by atoms with E-state index in [1.807, 2.05) is 12.1 Å². The first kappa shape index (κ1) is 27.8. The van der Waals surface area contributed by atoms with Gasteiger partial charge in [-0.25, -0.2) is 0 Å². The summed E-state index contributed by atoms with van der Waals surface area (Å²) in [6.45, 7) is 7.60. The first-order valence-corrected chi connectivity index (χ1v) is 12.6. The van der Waals surface area contributed by atoms with Crippen molar-refractivity contribution < 1.29 is 4.79 Å². The van der Waals surface area contributed by atoms with Gasteiger partial charge in [0.2, 0.25) is 0 Å². The van der Waals surface area contributed by atoms with Crippen molar-refractivity contribution in [3.05, 3.63) is 53.1 Å². The Morgan fingerprint density at radius 1 is 1.12 bits per heavy atom. The largest absolute Gasteiger partial charge is 0.343 e. The third-order valence-corrected chi connectivity index (χ3v) is 6.16. The van der Waals surface area contributed by atoms with E-state index < -0.39 is 0 Å². The van der Waals surface area contributed by atoms with Crippen LogP contribution in [0.1, 0.15) is 50.7 Å². The number of fused-ring (bicyclic) bond motifs is 1. The fraction of sp³-hybridized carbons (Fsp3) is 0.429. The lowest BCUT2D eigenvalue weighted by Crippen LogP contribution is -2.19. The van der Waals surface area contributed by atoms with Gasteiger partial charge in [-0.1, -0.05) is 38.1 Å². The van der Waals surface area contributed by atoms with Gasteiger partial charge in [-0.3, -0.25) is 9.79 Å². The lowest BCUT2D eigenvalue weighted by Gasteiger charge is -2.12. The quantitative estimate of drug-likeness (QED) is 0.318. The van der Waals surface area contributed by atoms with Gasteiger partial charge in [0.25, 0.3) is 0 Å². The number of nitrogens with one attached hydrogen (secondary N) is 1. The molecule has 0 amide bonds. The maximum atomic E-state index is 11.2. The number of aliphatic imine (C=N–C) groups is 1. The minimum Gasteiger partial charge on any atom is -0.343 e. The molecule has 0 bridgehead atoms. The topological polar surface area (TPSA) is 70.7 Å². The summed E-state index contributed by atoms with van der Waals surface area (Å²) in [4.78, 5) is 18.8. The molecule has 6 heteroatoms. The van der Waals surface area contributed by atoms with Gasteiger partial charge in [-0.05, 0) is 92.8 Å². The van der Waals surface area contributed by atoms with Crippen LogP contribution in [0.15, 0.2) is 51.9 Å². The van der Waals surface area contributed by atoms with Gasteiger partial charge in [-0.2, -0.15) is 0 Å². The van der Waals surface area contributed by atoms with Crippen LogP contribution in [-0.2, 0) is 11.2 Å². The number of aryl methyl sites for hydroxylation is 1. The smallest absolute Gasteiger partial charge is 0.146 e. The molecule has 184 valence electrons. The number of hydrogen-bond acceptors (Lipinski definition) is 5. The predicted octanol–water partition coefficient (Wildman–Crippen LogP) is 5.70. The molecule has 1 heterocycles. The van der Waals surface area contributed by atoms with Gasteiger partial charge in [0.05, 0.1) is 0 Å². The summed E-state index contributed by atoms with van der Waals surface area (Å²) >= 11 is 4.64. The molecule has 0 unspecified atom stereocenters. The van der Waals surface area contributed by atoms with Gasteiger partial charge in [-0.15, -0.1) is 12.6 Å². The van der Waals surface area contributed by atoms with Crippen molar-refractivity contribution in [2.75, 3.05) is 39.0 Å². The molecule has 2 aromatic rings. The van der Waals surface area contributed by atoms with Gasteiger partial charge in [0.1, 0.15) is 12.1 Å². The Labute approximate surface area is 210 Å². The van der Waals surface area contributed by atoms with E-state index >= 15 is 0 Å². The molecule has 1 aliphatic heterocycles. The van der Waals surface area contributed by atoms with Crippen molar-refractivity contribution in [1.29, 1.82) is 0 Å². The summed E-state index contributed by atoms with van der Waals surface area (Å²) in [5.41, 5.74) is 11.7. The summed E-state index contributed by atoms with van der Waals surface area (Å²) < 4.78 is 0. The summed E-state index contributed by atoms with van der Waals surface area (Å²) in [5.74, 6) is 0.784. The second-order valence-corrected chi connectivity index (χ2v) is 9.13. The molecule has 0 saturated heterocycles. The number of anilines is 1. The Balaban J connectivity index is 0.000000440. The minimum atomic E-state index is 0.515. The summed E-state index contributed by atoms with van der Waals surface area (Å²) in [7, 11) is 3.90. The summed E-state index contributed by atoms with van der Waals surface area (Å²) in [5, 5.41) is 3.34. The Morgan fingerprint density at radius 2 is 1.79 bits per heavy atom. The highest BCUT2D eigenvalue weighted by atomic mass is 32.1. The molecule has 0 atom stereocenters. The zero-order valence-corrected chi connectivity index (χ0v) is 22.0. The Hall–Kier alpha value is -2.41. The SMILES string of the molecule is CCCN(C)CCC.CN=C1CC(C=O)=Cc2ccc(-c3ccc(CCCN)c(S)c3)cc2N1. The molecule has 0 radical (unpaired) electrons. The van der Waals surface area contributed by atoms with Crippen LogP contribution in [0.2, 0.25) is 0 Å². The van der Waals surface area contributed by atoms with Gasteiger partial charge >= 0.3 is 0 Å². The molecular formula is C28H40N4OS. The Kier molecular flexibility index (Phi) is 12.1. The summed E-state index contributed by atoms with van der Waals surface area (Å²) in [6, 6.07) is 12.5. The van der Waals surface area contributed by atoms with E-state index in [2.05, 4.69) is 79.1 Å². The van der Waals surface area contributed by atoms with Crippen molar-refractivity contribution in [3.8, 4) is 11.1 Å². The van der Waals surface area contributed by atoms with E-state index in [-0.39, 0.29) is 0 Å². The van der Waals surface area contributed by atoms with E-state index in [4.69, 9.17) is 5.73 Å². The molecule has 2 aromatic carbocycles. The standard InChI is InChI=1S/C21H23N3OS.C7H17N/c1-23-21-10-14(13-25)9-18-7-6-16(11-19(18)24-21)17-5-4-15(3-2-8-22)20(26)12-17;1-4-6-8(3)7-5-2/h4-7,9,11-13,26H,2-3,8,10,22H2,1H3,(H,23,24);4-7H2,1-3H3. The van der Waals surface area contributed by atoms with Crippen LogP contribution in [0.4, 0.5) is 5.69 Å². The van der Waals surface area contributed by atoms with E-state index in [9.17, 15) is 4.79 Å². The van der Waals surface area contributed by atoms with E-state index in [1.165, 1.54) is 31.5 Å². The number of thiol groups is 1. The highest BCUT2D eigenvalue weighted by molar-refractivity contribution is 7.80. The van der Waals surface area contributed by atoms with Gasteiger partial charge in [0.15, 0.2) is 0 Å². The molecule has 34 heavy (non-hydrogen) atoms. The van der Waals surface area contributed by atoms with Crippen molar-refractivity contribution in [1.82, 2.24) is 4.90 Å². The van der Waals surface area contributed by atoms with Crippen LogP contribution in [0.25, 0.3) is 17.2 Å². The van der Waals surface area contributed by atoms with Crippen molar-refractivity contribution in [3.63, 3.8) is 0 Å². The number of benzene rings is 2. The van der Waals surface area contributed by atoms with Crippen LogP contribution in [0.3, 0.4) is 0 Å². The first-order valence-electron chi connectivity index (χ1n) is 12.2. The predicted molar refractivity (Wildman–Crippen MR) is 150 cm³/mol. The lowest BCUT2D eigenvalue weighted by molar-refractivity contribution is -0.104. The molecule has 0 saturated carbocycles. The maximum absolute atomic E-state index is 11.2. The van der Waals surface area contributed by atoms with Crippen molar-refractivity contribution in [2.45, 2.75) is 50.8 Å².